The number of hydrogen-bond donors (Lipinski definition) is 0. The lowest BCUT2D eigenvalue weighted by molar-refractivity contribution is 0.631. The lowest BCUT2D eigenvalue weighted by Gasteiger charge is -1.98. The molecule has 0 radical (unpaired) electrons. The highest BCUT2D eigenvalue weighted by Gasteiger charge is 2.09. The Morgan fingerprint density at radius 3 is 2.72 bits per heavy atom. The van der Waals surface area contributed by atoms with Crippen molar-refractivity contribution in [2.45, 2.75) is 6.92 Å². The third kappa shape index (κ3) is 1.66. The van der Waals surface area contributed by atoms with Crippen LogP contribution in [-0.2, 0) is 0 Å². The minimum Gasteiger partial charge on any atom is -0.456 e. The summed E-state index contributed by atoms with van der Waals surface area (Å²) in [6.45, 7) is 2.05. The average molecular weight is 233 g/mol. The lowest BCUT2D eigenvalue weighted by atomic mass is 10.1. The van der Waals surface area contributed by atoms with Crippen molar-refractivity contribution >= 4 is 11.0 Å². The van der Waals surface area contributed by atoms with E-state index in [1.165, 1.54) is 5.56 Å². The molecule has 0 aliphatic rings. The van der Waals surface area contributed by atoms with E-state index in [9.17, 15) is 0 Å². The van der Waals surface area contributed by atoms with Gasteiger partial charge in [0.2, 0.25) is 0 Å². The van der Waals surface area contributed by atoms with Gasteiger partial charge in [0.25, 0.3) is 0 Å². The highest BCUT2D eigenvalue weighted by molar-refractivity contribution is 5.84. The molecule has 2 nitrogen and oxygen atoms in total. The van der Waals surface area contributed by atoms with Gasteiger partial charge in [0, 0.05) is 10.9 Å². The highest BCUT2D eigenvalue weighted by Crippen LogP contribution is 2.30. The quantitative estimate of drug-likeness (QED) is 0.629. The summed E-state index contributed by atoms with van der Waals surface area (Å²) in [6.07, 6.45) is 0. The van der Waals surface area contributed by atoms with Crippen molar-refractivity contribution in [3.63, 3.8) is 0 Å². The Hall–Kier alpha value is -2.53. The van der Waals surface area contributed by atoms with E-state index in [1.54, 1.807) is 6.07 Å². The molecular formula is C16H11NO. The molecule has 0 unspecified atom stereocenters. The number of fused-ring (bicyclic) bond motifs is 1. The Kier molecular flexibility index (Phi) is 2.39. The molecule has 1 heterocycles. The van der Waals surface area contributed by atoms with Crippen LogP contribution in [-0.4, -0.2) is 0 Å². The molecule has 18 heavy (non-hydrogen) atoms. The molecule has 0 saturated carbocycles. The number of nitriles is 1. The lowest BCUT2D eigenvalue weighted by Crippen LogP contribution is -1.80. The van der Waals surface area contributed by atoms with Crippen LogP contribution in [0.25, 0.3) is 22.3 Å². The van der Waals surface area contributed by atoms with Gasteiger partial charge < -0.3 is 4.42 Å². The summed E-state index contributed by atoms with van der Waals surface area (Å²) >= 11 is 0. The monoisotopic (exact) mass is 233 g/mol. The number of nitrogens with zero attached hydrogens (tertiary/aromatic N) is 1. The topological polar surface area (TPSA) is 36.9 Å². The van der Waals surface area contributed by atoms with Gasteiger partial charge in [-0.2, -0.15) is 5.26 Å². The molecular weight excluding hydrogens is 222 g/mol. The van der Waals surface area contributed by atoms with E-state index in [-0.39, 0.29) is 0 Å². The smallest absolute Gasteiger partial charge is 0.136 e. The minimum absolute atomic E-state index is 0.633. The maximum Gasteiger partial charge on any atom is 0.136 e. The molecule has 0 spiro atoms. The zero-order valence-corrected chi connectivity index (χ0v) is 9.97. The summed E-state index contributed by atoms with van der Waals surface area (Å²) in [5.41, 5.74) is 3.52. The van der Waals surface area contributed by atoms with Crippen LogP contribution in [0.5, 0.6) is 0 Å². The maximum atomic E-state index is 9.11. The van der Waals surface area contributed by atoms with E-state index in [1.807, 2.05) is 36.4 Å². The Balaban J connectivity index is 2.23. The van der Waals surface area contributed by atoms with E-state index >= 15 is 0 Å². The first-order valence-corrected chi connectivity index (χ1v) is 5.77. The fourth-order valence-corrected chi connectivity index (χ4v) is 2.09. The second-order valence-corrected chi connectivity index (χ2v) is 4.31. The zero-order chi connectivity index (χ0) is 12.5. The Labute approximate surface area is 105 Å². The Morgan fingerprint density at radius 1 is 1.06 bits per heavy atom. The number of benzene rings is 2. The van der Waals surface area contributed by atoms with E-state index in [4.69, 9.17) is 9.68 Å². The molecule has 0 N–H and O–H groups in total. The summed E-state index contributed by atoms with van der Waals surface area (Å²) in [4.78, 5) is 0. The Bertz CT molecular complexity index is 762. The fraction of sp³-hybridized carbons (Fsp3) is 0.0625. The first kappa shape index (κ1) is 10.6. The van der Waals surface area contributed by atoms with E-state index in [0.717, 1.165) is 22.3 Å². The van der Waals surface area contributed by atoms with Gasteiger partial charge in [0.1, 0.15) is 11.3 Å². The van der Waals surface area contributed by atoms with Gasteiger partial charge in [0.05, 0.1) is 11.6 Å². The van der Waals surface area contributed by atoms with Gasteiger partial charge in [-0.15, -0.1) is 0 Å². The summed E-state index contributed by atoms with van der Waals surface area (Å²) in [5.74, 6) is 0.743. The zero-order valence-electron chi connectivity index (χ0n) is 9.97. The predicted octanol–water partition coefficient (Wildman–Crippen LogP) is 4.28. The summed E-state index contributed by atoms with van der Waals surface area (Å²) in [6, 6.07) is 17.7. The number of hydrogen-bond acceptors (Lipinski definition) is 2. The van der Waals surface area contributed by atoms with Crippen molar-refractivity contribution in [3.8, 4) is 17.4 Å². The molecule has 2 heteroatoms. The molecule has 2 aromatic carbocycles. The van der Waals surface area contributed by atoms with E-state index in [0.29, 0.717) is 5.56 Å². The molecule has 1 aromatic heterocycles. The largest absolute Gasteiger partial charge is 0.456 e. The number of furan rings is 1. The molecule has 0 amide bonds. The fourth-order valence-electron chi connectivity index (χ4n) is 2.09. The van der Waals surface area contributed by atoms with Crippen LogP contribution in [0.2, 0.25) is 0 Å². The van der Waals surface area contributed by atoms with Crippen LogP contribution in [0.4, 0.5) is 0 Å². The van der Waals surface area contributed by atoms with Crippen molar-refractivity contribution < 1.29 is 4.42 Å². The van der Waals surface area contributed by atoms with Crippen molar-refractivity contribution in [1.82, 2.24) is 0 Å². The molecule has 0 aliphatic heterocycles. The van der Waals surface area contributed by atoms with E-state index < -0.39 is 0 Å². The van der Waals surface area contributed by atoms with Gasteiger partial charge in [-0.25, -0.2) is 0 Å². The summed E-state index contributed by atoms with van der Waals surface area (Å²) in [7, 11) is 0. The average Bonchev–Trinajstić information content (AvgIpc) is 2.81. The van der Waals surface area contributed by atoms with Crippen LogP contribution in [0.3, 0.4) is 0 Å². The second-order valence-electron chi connectivity index (χ2n) is 4.31. The third-order valence-electron chi connectivity index (χ3n) is 2.98. The van der Waals surface area contributed by atoms with Crippen LogP contribution < -0.4 is 0 Å². The molecule has 0 fully saturated rings. The van der Waals surface area contributed by atoms with Crippen molar-refractivity contribution in [1.29, 1.82) is 5.26 Å². The normalized spacial score (nSPS) is 10.4. The van der Waals surface area contributed by atoms with Gasteiger partial charge in [-0.3, -0.25) is 0 Å². The van der Waals surface area contributed by atoms with Gasteiger partial charge in [0.15, 0.2) is 0 Å². The molecule has 0 bridgehead atoms. The standard InChI is InChI=1S/C16H11NO/c1-11-6-7-15-13(8-11)9-16(18-15)14-5-3-2-4-12(14)10-17/h2-9H,1H3. The van der Waals surface area contributed by atoms with Gasteiger partial charge in [-0.05, 0) is 37.3 Å². The molecule has 0 saturated heterocycles. The van der Waals surface area contributed by atoms with Gasteiger partial charge >= 0.3 is 0 Å². The van der Waals surface area contributed by atoms with Crippen LogP contribution in [0, 0.1) is 18.3 Å². The van der Waals surface area contributed by atoms with Crippen LogP contribution in [0.1, 0.15) is 11.1 Å². The van der Waals surface area contributed by atoms with Crippen molar-refractivity contribution in [2.24, 2.45) is 0 Å². The first-order chi connectivity index (χ1) is 8.78. The Morgan fingerprint density at radius 2 is 1.89 bits per heavy atom. The highest BCUT2D eigenvalue weighted by atomic mass is 16.3. The molecule has 3 rings (SSSR count). The molecule has 3 aromatic rings. The van der Waals surface area contributed by atoms with E-state index in [2.05, 4.69) is 19.1 Å². The predicted molar refractivity (Wildman–Crippen MR) is 71.1 cm³/mol. The minimum atomic E-state index is 0.633. The summed E-state index contributed by atoms with van der Waals surface area (Å²) < 4.78 is 5.80. The SMILES string of the molecule is Cc1ccc2oc(-c3ccccc3C#N)cc2c1. The number of rotatable bonds is 1. The molecule has 0 aliphatic carbocycles. The third-order valence-corrected chi connectivity index (χ3v) is 2.98. The van der Waals surface area contributed by atoms with Crippen LogP contribution in [0.15, 0.2) is 52.9 Å². The maximum absolute atomic E-state index is 9.11. The van der Waals surface area contributed by atoms with Gasteiger partial charge in [-0.1, -0.05) is 23.8 Å². The summed E-state index contributed by atoms with van der Waals surface area (Å²) in [5, 5.41) is 10.2. The van der Waals surface area contributed by atoms with Crippen LogP contribution >= 0.6 is 0 Å². The number of aryl methyl sites for hydroxylation is 1. The molecule has 0 atom stereocenters. The van der Waals surface area contributed by atoms with Crippen molar-refractivity contribution in [2.75, 3.05) is 0 Å². The van der Waals surface area contributed by atoms with Crippen molar-refractivity contribution in [3.05, 3.63) is 59.7 Å². The first-order valence-electron chi connectivity index (χ1n) is 5.77. The second kappa shape index (κ2) is 4.05. The molecule has 86 valence electrons.